The third-order valence-corrected chi connectivity index (χ3v) is 5.50. The van der Waals surface area contributed by atoms with Crippen molar-refractivity contribution in [3.63, 3.8) is 0 Å². The zero-order valence-electron chi connectivity index (χ0n) is 15.4. The molecule has 0 saturated heterocycles. The molecular weight excluding hydrogens is 310 g/mol. The quantitative estimate of drug-likeness (QED) is 0.850. The van der Waals surface area contributed by atoms with Gasteiger partial charge < -0.3 is 5.32 Å². The molecule has 0 spiro atoms. The molecule has 4 nitrogen and oxygen atoms in total. The van der Waals surface area contributed by atoms with Crippen LogP contribution in [0.2, 0.25) is 0 Å². The summed E-state index contributed by atoms with van der Waals surface area (Å²) in [4.78, 5) is 13.1. The number of hydrogen-bond acceptors (Lipinski definition) is 3. The SMILES string of the molecule is CCc1[nH]nc2c1C(c1ccccc1C)C1=C(CC(C)(C)CC1=O)N2. The topological polar surface area (TPSA) is 57.8 Å². The fraction of sp³-hybridized carbons (Fsp3) is 0.429. The van der Waals surface area contributed by atoms with Gasteiger partial charge in [-0.1, -0.05) is 45.0 Å². The van der Waals surface area contributed by atoms with Crippen LogP contribution in [0.25, 0.3) is 0 Å². The summed E-state index contributed by atoms with van der Waals surface area (Å²) in [5.41, 5.74) is 6.66. The smallest absolute Gasteiger partial charge is 0.162 e. The number of Topliss-reactive ketones (excluding diaryl/α,β-unsaturated/α-hetero) is 1. The maximum absolute atomic E-state index is 13.1. The molecule has 130 valence electrons. The van der Waals surface area contributed by atoms with Crippen LogP contribution in [0.1, 0.15) is 61.9 Å². The van der Waals surface area contributed by atoms with E-state index in [1.807, 2.05) is 0 Å². The van der Waals surface area contributed by atoms with E-state index < -0.39 is 0 Å². The first kappa shape index (κ1) is 16.1. The second-order valence-electron chi connectivity index (χ2n) is 8.07. The number of aromatic nitrogens is 2. The average molecular weight is 335 g/mol. The Hall–Kier alpha value is -2.36. The molecule has 4 heteroatoms. The van der Waals surface area contributed by atoms with Gasteiger partial charge in [-0.25, -0.2) is 0 Å². The lowest BCUT2D eigenvalue weighted by Gasteiger charge is -2.38. The Morgan fingerprint density at radius 3 is 2.72 bits per heavy atom. The number of carbonyl (C=O) groups excluding carboxylic acids is 1. The molecule has 0 amide bonds. The zero-order valence-corrected chi connectivity index (χ0v) is 15.4. The Morgan fingerprint density at radius 1 is 1.24 bits per heavy atom. The van der Waals surface area contributed by atoms with E-state index in [2.05, 4.69) is 67.5 Å². The molecule has 2 aromatic rings. The van der Waals surface area contributed by atoms with Crippen molar-refractivity contribution in [1.82, 2.24) is 10.2 Å². The third kappa shape index (κ3) is 2.51. The highest BCUT2D eigenvalue weighted by atomic mass is 16.1. The van der Waals surface area contributed by atoms with Crippen LogP contribution in [0.4, 0.5) is 5.82 Å². The first-order valence-electron chi connectivity index (χ1n) is 9.07. The minimum atomic E-state index is -0.0234. The summed E-state index contributed by atoms with van der Waals surface area (Å²) in [5, 5.41) is 11.2. The number of benzene rings is 1. The number of nitrogens with one attached hydrogen (secondary N) is 2. The van der Waals surface area contributed by atoms with E-state index in [0.717, 1.165) is 41.2 Å². The number of carbonyl (C=O) groups is 1. The van der Waals surface area contributed by atoms with E-state index in [-0.39, 0.29) is 17.1 Å². The fourth-order valence-electron chi connectivity index (χ4n) is 4.35. The van der Waals surface area contributed by atoms with Crippen molar-refractivity contribution in [3.8, 4) is 0 Å². The maximum atomic E-state index is 13.1. The van der Waals surface area contributed by atoms with Gasteiger partial charge in [0.25, 0.3) is 0 Å². The second-order valence-corrected chi connectivity index (χ2v) is 8.07. The maximum Gasteiger partial charge on any atom is 0.162 e. The number of hydrogen-bond donors (Lipinski definition) is 2. The summed E-state index contributed by atoms with van der Waals surface area (Å²) in [6, 6.07) is 8.39. The van der Waals surface area contributed by atoms with Crippen LogP contribution in [-0.4, -0.2) is 16.0 Å². The number of nitrogens with zero attached hydrogens (tertiary/aromatic N) is 1. The van der Waals surface area contributed by atoms with Crippen molar-refractivity contribution in [2.24, 2.45) is 5.41 Å². The molecule has 1 aliphatic carbocycles. The van der Waals surface area contributed by atoms with Gasteiger partial charge in [-0.3, -0.25) is 9.89 Å². The minimum absolute atomic E-state index is 0.0133. The summed E-state index contributed by atoms with van der Waals surface area (Å²) >= 11 is 0. The van der Waals surface area contributed by atoms with E-state index in [4.69, 9.17) is 0 Å². The van der Waals surface area contributed by atoms with E-state index in [1.165, 1.54) is 11.1 Å². The van der Waals surface area contributed by atoms with Crippen LogP contribution in [-0.2, 0) is 11.2 Å². The van der Waals surface area contributed by atoms with Crippen molar-refractivity contribution < 1.29 is 4.79 Å². The molecule has 2 heterocycles. The molecule has 1 aromatic carbocycles. The van der Waals surface area contributed by atoms with Crippen LogP contribution >= 0.6 is 0 Å². The van der Waals surface area contributed by atoms with Crippen LogP contribution < -0.4 is 5.32 Å². The number of fused-ring (bicyclic) bond motifs is 1. The molecule has 25 heavy (non-hydrogen) atoms. The summed E-state index contributed by atoms with van der Waals surface area (Å²) in [5.74, 6) is 1.13. The van der Waals surface area contributed by atoms with E-state index in [0.29, 0.717) is 6.42 Å². The first-order valence-corrected chi connectivity index (χ1v) is 9.07. The van der Waals surface area contributed by atoms with E-state index in [1.54, 1.807) is 0 Å². The predicted octanol–water partition coefficient (Wildman–Crippen LogP) is 4.48. The highest BCUT2D eigenvalue weighted by molar-refractivity contribution is 6.01. The Bertz CT molecular complexity index is 888. The number of ketones is 1. The van der Waals surface area contributed by atoms with Gasteiger partial charge in [0.1, 0.15) is 0 Å². The molecule has 2 aliphatic rings. The third-order valence-electron chi connectivity index (χ3n) is 5.50. The average Bonchev–Trinajstić information content (AvgIpc) is 2.95. The minimum Gasteiger partial charge on any atom is -0.342 e. The summed E-state index contributed by atoms with van der Waals surface area (Å²) in [7, 11) is 0. The van der Waals surface area contributed by atoms with Crippen molar-refractivity contribution in [2.45, 2.75) is 52.9 Å². The van der Waals surface area contributed by atoms with Crippen molar-refractivity contribution in [2.75, 3.05) is 5.32 Å². The van der Waals surface area contributed by atoms with Crippen LogP contribution in [0.5, 0.6) is 0 Å². The molecule has 1 atom stereocenters. The molecule has 0 saturated carbocycles. The van der Waals surface area contributed by atoms with Gasteiger partial charge in [0.05, 0.1) is 0 Å². The first-order chi connectivity index (χ1) is 11.9. The molecule has 0 fully saturated rings. The summed E-state index contributed by atoms with van der Waals surface area (Å²) in [6.45, 7) is 8.58. The molecule has 0 bridgehead atoms. The Kier molecular flexibility index (Phi) is 3.60. The Morgan fingerprint density at radius 2 is 2.00 bits per heavy atom. The van der Waals surface area contributed by atoms with Gasteiger partial charge in [0.2, 0.25) is 0 Å². The van der Waals surface area contributed by atoms with Gasteiger partial charge in [-0.15, -0.1) is 0 Å². The Labute approximate surface area is 148 Å². The Balaban J connectivity index is 1.97. The molecule has 1 unspecified atom stereocenters. The monoisotopic (exact) mass is 335 g/mol. The highest BCUT2D eigenvalue weighted by Crippen LogP contribution is 2.49. The lowest BCUT2D eigenvalue weighted by molar-refractivity contribution is -0.118. The van der Waals surface area contributed by atoms with E-state index in [9.17, 15) is 4.79 Å². The van der Waals surface area contributed by atoms with Crippen LogP contribution in [0.3, 0.4) is 0 Å². The second kappa shape index (κ2) is 5.58. The van der Waals surface area contributed by atoms with Crippen molar-refractivity contribution in [1.29, 1.82) is 0 Å². The zero-order chi connectivity index (χ0) is 17.8. The standard InChI is InChI=1S/C21H25N3O/c1-5-14-19-17(13-9-7-6-8-12(13)2)18-15(22-20(19)24-23-14)10-21(3,4)11-16(18)25/h6-9,17H,5,10-11H2,1-4H3,(H2,22,23,24). The van der Waals surface area contributed by atoms with Gasteiger partial charge in [-0.05, 0) is 36.3 Å². The number of anilines is 1. The molecular formula is C21H25N3O. The number of allylic oxidation sites excluding steroid dienone is 2. The summed E-state index contributed by atoms with van der Waals surface area (Å²) < 4.78 is 0. The lowest BCUT2D eigenvalue weighted by atomic mass is 9.68. The van der Waals surface area contributed by atoms with Gasteiger partial charge in [0, 0.05) is 34.9 Å². The van der Waals surface area contributed by atoms with Crippen molar-refractivity contribution in [3.05, 3.63) is 57.9 Å². The van der Waals surface area contributed by atoms with E-state index >= 15 is 0 Å². The molecule has 2 N–H and O–H groups in total. The summed E-state index contributed by atoms with van der Waals surface area (Å²) in [6.07, 6.45) is 2.35. The van der Waals surface area contributed by atoms with Crippen LogP contribution in [0.15, 0.2) is 35.5 Å². The number of H-pyrrole nitrogens is 1. The number of aromatic amines is 1. The lowest BCUT2D eigenvalue weighted by Crippen LogP contribution is -2.34. The van der Waals surface area contributed by atoms with Crippen LogP contribution in [0, 0.1) is 12.3 Å². The number of rotatable bonds is 2. The normalized spacial score (nSPS) is 21.6. The molecule has 1 aromatic heterocycles. The van der Waals surface area contributed by atoms with Gasteiger partial charge >= 0.3 is 0 Å². The number of aryl methyl sites for hydroxylation is 2. The van der Waals surface area contributed by atoms with Crippen molar-refractivity contribution >= 4 is 11.6 Å². The molecule has 4 rings (SSSR count). The highest BCUT2D eigenvalue weighted by Gasteiger charge is 2.42. The molecule has 0 radical (unpaired) electrons. The van der Waals surface area contributed by atoms with Gasteiger partial charge in [-0.2, -0.15) is 5.10 Å². The predicted molar refractivity (Wildman–Crippen MR) is 99.7 cm³/mol. The fourth-order valence-corrected chi connectivity index (χ4v) is 4.35. The largest absolute Gasteiger partial charge is 0.342 e. The molecule has 1 aliphatic heterocycles. The van der Waals surface area contributed by atoms with Gasteiger partial charge in [0.15, 0.2) is 11.6 Å².